The number of nitrogens with zero attached hydrogens (tertiary/aromatic N) is 3. The van der Waals surface area contributed by atoms with E-state index in [1.165, 1.54) is 24.1 Å². The quantitative estimate of drug-likeness (QED) is 0.723. The van der Waals surface area contributed by atoms with E-state index in [1.54, 1.807) is 0 Å². The first-order valence-electron chi connectivity index (χ1n) is 10.5. The van der Waals surface area contributed by atoms with E-state index >= 15 is 0 Å². The van der Waals surface area contributed by atoms with Gasteiger partial charge >= 0.3 is 0 Å². The lowest BCUT2D eigenvalue weighted by Gasteiger charge is -2.17. The predicted octanol–water partition coefficient (Wildman–Crippen LogP) is 4.16. The highest BCUT2D eigenvalue weighted by molar-refractivity contribution is 5.78. The lowest BCUT2D eigenvalue weighted by molar-refractivity contribution is -0.125. The molecule has 5 heteroatoms. The number of carbonyl (C=O) groups is 1. The van der Waals surface area contributed by atoms with Crippen molar-refractivity contribution in [2.24, 2.45) is 5.92 Å². The van der Waals surface area contributed by atoms with Crippen LogP contribution in [0.3, 0.4) is 0 Å². The minimum absolute atomic E-state index is 0.152. The van der Waals surface area contributed by atoms with Crippen LogP contribution in [0.4, 0.5) is 0 Å². The van der Waals surface area contributed by atoms with Gasteiger partial charge in [0.25, 0.3) is 0 Å². The fourth-order valence-corrected chi connectivity index (χ4v) is 4.13. The van der Waals surface area contributed by atoms with Gasteiger partial charge in [-0.05, 0) is 50.7 Å². The van der Waals surface area contributed by atoms with Crippen LogP contribution in [0, 0.1) is 5.92 Å². The SMILES string of the molecule is CCCC(CCC)C(=O)NCCn1nc(-c2ccncc2)c2c1CCCC2. The van der Waals surface area contributed by atoms with Crippen molar-refractivity contribution in [3.05, 3.63) is 35.8 Å². The molecule has 1 aliphatic rings. The van der Waals surface area contributed by atoms with Crippen LogP contribution < -0.4 is 5.32 Å². The number of amides is 1. The normalized spacial score (nSPS) is 13.6. The summed E-state index contributed by atoms with van der Waals surface area (Å²) < 4.78 is 2.12. The van der Waals surface area contributed by atoms with Crippen molar-refractivity contribution >= 4 is 5.91 Å². The number of aromatic nitrogens is 3. The number of carbonyl (C=O) groups excluding carboxylic acids is 1. The molecule has 0 aliphatic heterocycles. The lowest BCUT2D eigenvalue weighted by atomic mass is 9.94. The van der Waals surface area contributed by atoms with Gasteiger partial charge in [0, 0.05) is 41.7 Å². The molecule has 1 N–H and O–H groups in total. The maximum atomic E-state index is 12.5. The Morgan fingerprint density at radius 2 is 1.85 bits per heavy atom. The summed E-state index contributed by atoms with van der Waals surface area (Å²) in [6.45, 7) is 5.68. The fourth-order valence-electron chi connectivity index (χ4n) is 4.13. The van der Waals surface area contributed by atoms with E-state index in [2.05, 4.69) is 28.8 Å². The molecule has 3 rings (SSSR count). The number of fused-ring (bicyclic) bond motifs is 1. The molecular weight excluding hydrogens is 336 g/mol. The molecule has 1 amide bonds. The molecule has 1 aliphatic carbocycles. The van der Waals surface area contributed by atoms with Gasteiger partial charge in [-0.25, -0.2) is 0 Å². The summed E-state index contributed by atoms with van der Waals surface area (Å²) in [6, 6.07) is 4.06. The van der Waals surface area contributed by atoms with E-state index in [0.29, 0.717) is 6.54 Å². The second-order valence-corrected chi connectivity index (χ2v) is 7.51. The van der Waals surface area contributed by atoms with Crippen LogP contribution in [-0.2, 0) is 24.2 Å². The Balaban J connectivity index is 1.68. The van der Waals surface area contributed by atoms with Crippen molar-refractivity contribution in [2.75, 3.05) is 6.54 Å². The van der Waals surface area contributed by atoms with Crippen LogP contribution in [-0.4, -0.2) is 27.2 Å². The second kappa shape index (κ2) is 9.67. The largest absolute Gasteiger partial charge is 0.354 e. The molecule has 2 aromatic rings. The van der Waals surface area contributed by atoms with E-state index < -0.39 is 0 Å². The molecule has 0 saturated carbocycles. The average molecular weight is 369 g/mol. The minimum atomic E-state index is 0.152. The van der Waals surface area contributed by atoms with Crippen molar-refractivity contribution in [1.29, 1.82) is 0 Å². The molecule has 0 aromatic carbocycles. The van der Waals surface area contributed by atoms with Gasteiger partial charge in [0.15, 0.2) is 0 Å². The van der Waals surface area contributed by atoms with Crippen LogP contribution in [0.15, 0.2) is 24.5 Å². The molecule has 146 valence electrons. The summed E-state index contributed by atoms with van der Waals surface area (Å²) >= 11 is 0. The van der Waals surface area contributed by atoms with Crippen LogP contribution in [0.1, 0.15) is 63.6 Å². The van der Waals surface area contributed by atoms with Crippen LogP contribution in [0.2, 0.25) is 0 Å². The summed E-state index contributed by atoms with van der Waals surface area (Å²) in [7, 11) is 0. The monoisotopic (exact) mass is 368 g/mol. The molecule has 0 atom stereocenters. The first-order chi connectivity index (χ1) is 13.2. The van der Waals surface area contributed by atoms with Gasteiger partial charge in [-0.15, -0.1) is 0 Å². The first-order valence-corrected chi connectivity index (χ1v) is 10.5. The third-order valence-corrected chi connectivity index (χ3v) is 5.48. The smallest absolute Gasteiger partial charge is 0.223 e. The Kier molecular flexibility index (Phi) is 7.02. The molecule has 2 aromatic heterocycles. The van der Waals surface area contributed by atoms with Crippen LogP contribution >= 0.6 is 0 Å². The second-order valence-electron chi connectivity index (χ2n) is 7.51. The van der Waals surface area contributed by atoms with Gasteiger partial charge in [0.2, 0.25) is 5.91 Å². The highest BCUT2D eigenvalue weighted by Crippen LogP contribution is 2.30. The van der Waals surface area contributed by atoms with Gasteiger partial charge in [0.1, 0.15) is 0 Å². The summed E-state index contributed by atoms with van der Waals surface area (Å²) in [4.78, 5) is 16.6. The number of nitrogens with one attached hydrogen (secondary N) is 1. The van der Waals surface area contributed by atoms with Crippen molar-refractivity contribution in [2.45, 2.75) is 71.8 Å². The molecule has 0 bridgehead atoms. The van der Waals surface area contributed by atoms with E-state index in [0.717, 1.165) is 56.3 Å². The predicted molar refractivity (Wildman–Crippen MR) is 108 cm³/mol. The molecule has 0 radical (unpaired) electrons. The average Bonchev–Trinajstić information content (AvgIpc) is 3.07. The molecule has 0 unspecified atom stereocenters. The Hall–Kier alpha value is -2.17. The number of pyridine rings is 1. The molecule has 2 heterocycles. The van der Waals surface area contributed by atoms with Crippen LogP contribution in [0.5, 0.6) is 0 Å². The fraction of sp³-hybridized carbons (Fsp3) is 0.591. The lowest BCUT2D eigenvalue weighted by Crippen LogP contribution is -2.33. The minimum Gasteiger partial charge on any atom is -0.354 e. The Morgan fingerprint density at radius 1 is 1.15 bits per heavy atom. The maximum Gasteiger partial charge on any atom is 0.223 e. The summed E-state index contributed by atoms with van der Waals surface area (Å²) in [5, 5.41) is 8.06. The highest BCUT2D eigenvalue weighted by atomic mass is 16.1. The van der Waals surface area contributed by atoms with Gasteiger partial charge in [-0.3, -0.25) is 14.5 Å². The van der Waals surface area contributed by atoms with E-state index in [-0.39, 0.29) is 11.8 Å². The molecule has 0 saturated heterocycles. The standard InChI is InChI=1S/C22H32N4O/c1-3-7-18(8-4-2)22(27)24-15-16-26-20-10-6-5-9-19(20)21(25-26)17-11-13-23-14-12-17/h11-14,18H,3-10,15-16H2,1-2H3,(H,24,27). The zero-order chi connectivity index (χ0) is 19.1. The molecular formula is C22H32N4O. The Labute approximate surface area is 162 Å². The van der Waals surface area contributed by atoms with Gasteiger partial charge in [0.05, 0.1) is 12.2 Å². The van der Waals surface area contributed by atoms with Gasteiger partial charge in [-0.1, -0.05) is 26.7 Å². The molecule has 0 spiro atoms. The topological polar surface area (TPSA) is 59.8 Å². The third kappa shape index (κ3) is 4.76. The molecule has 27 heavy (non-hydrogen) atoms. The summed E-state index contributed by atoms with van der Waals surface area (Å²) in [5.41, 5.74) is 4.96. The molecule has 0 fully saturated rings. The van der Waals surface area contributed by atoms with Crippen molar-refractivity contribution in [3.63, 3.8) is 0 Å². The number of hydrogen-bond acceptors (Lipinski definition) is 3. The Bertz CT molecular complexity index is 732. The number of rotatable bonds is 9. The van der Waals surface area contributed by atoms with E-state index in [9.17, 15) is 4.79 Å². The summed E-state index contributed by atoms with van der Waals surface area (Å²) in [6.07, 6.45) is 12.3. The van der Waals surface area contributed by atoms with E-state index in [4.69, 9.17) is 5.10 Å². The van der Waals surface area contributed by atoms with Crippen LogP contribution in [0.25, 0.3) is 11.3 Å². The highest BCUT2D eigenvalue weighted by Gasteiger charge is 2.22. The molecule has 5 nitrogen and oxygen atoms in total. The Morgan fingerprint density at radius 3 is 2.56 bits per heavy atom. The van der Waals surface area contributed by atoms with Gasteiger partial charge in [-0.2, -0.15) is 5.10 Å². The first kappa shape index (κ1) is 19.6. The summed E-state index contributed by atoms with van der Waals surface area (Å²) in [5.74, 6) is 0.355. The maximum absolute atomic E-state index is 12.5. The van der Waals surface area contributed by atoms with Crippen molar-refractivity contribution in [3.8, 4) is 11.3 Å². The van der Waals surface area contributed by atoms with E-state index in [1.807, 2.05) is 24.5 Å². The van der Waals surface area contributed by atoms with Crippen molar-refractivity contribution < 1.29 is 4.79 Å². The number of hydrogen-bond donors (Lipinski definition) is 1. The zero-order valence-corrected chi connectivity index (χ0v) is 16.7. The van der Waals surface area contributed by atoms with Crippen molar-refractivity contribution in [1.82, 2.24) is 20.1 Å². The third-order valence-electron chi connectivity index (χ3n) is 5.48. The van der Waals surface area contributed by atoms with Gasteiger partial charge < -0.3 is 5.32 Å². The zero-order valence-electron chi connectivity index (χ0n) is 16.7.